The Morgan fingerprint density at radius 3 is 2.33 bits per heavy atom. The summed E-state index contributed by atoms with van der Waals surface area (Å²) in [6.45, 7) is 16.3. The molecule has 2 aliphatic rings. The molecule has 1 unspecified atom stereocenters. The van der Waals surface area contributed by atoms with Crippen molar-refractivity contribution in [3.8, 4) is 0 Å². The summed E-state index contributed by atoms with van der Waals surface area (Å²) in [5, 5.41) is 8.27. The third-order valence-corrected chi connectivity index (χ3v) is 9.75. The number of primary amides is 1. The lowest BCUT2D eigenvalue weighted by Gasteiger charge is -2.26. The van der Waals surface area contributed by atoms with Crippen molar-refractivity contribution < 1.29 is 33.5 Å². The van der Waals surface area contributed by atoms with E-state index in [4.69, 9.17) is 10.5 Å². The van der Waals surface area contributed by atoms with Crippen LogP contribution in [0.2, 0.25) is 0 Å². The lowest BCUT2D eigenvalue weighted by atomic mass is 9.80. The molecular formula is C39H58N6O7. The summed E-state index contributed by atoms with van der Waals surface area (Å²) < 4.78 is 5.55. The van der Waals surface area contributed by atoms with Gasteiger partial charge in [-0.2, -0.15) is 0 Å². The lowest BCUT2D eigenvalue weighted by molar-refractivity contribution is -0.131. The molecule has 3 atom stereocenters. The fourth-order valence-electron chi connectivity index (χ4n) is 6.39. The van der Waals surface area contributed by atoms with Crippen molar-refractivity contribution in [1.82, 2.24) is 20.4 Å². The quantitative estimate of drug-likeness (QED) is 0.141. The Hall–Kier alpha value is -4.68. The fraction of sp³-hybridized carbons (Fsp3) is 0.590. The van der Waals surface area contributed by atoms with Gasteiger partial charge in [-0.3, -0.25) is 19.2 Å². The van der Waals surface area contributed by atoms with E-state index in [1.165, 1.54) is 6.08 Å². The summed E-state index contributed by atoms with van der Waals surface area (Å²) in [5.41, 5.74) is 7.26. The second kappa shape index (κ2) is 19.8. The zero-order valence-corrected chi connectivity index (χ0v) is 31.5. The minimum absolute atomic E-state index is 0.0861. The Morgan fingerprint density at radius 1 is 1.02 bits per heavy atom. The number of Topliss-reactive ketones (excluding diaryl/α,β-unsaturated/α-hetero) is 1. The third-order valence-electron chi connectivity index (χ3n) is 9.75. The molecule has 5 N–H and O–H groups in total. The van der Waals surface area contributed by atoms with Crippen LogP contribution in [0.1, 0.15) is 91.5 Å². The minimum atomic E-state index is -0.773. The molecule has 6 amide bonds. The zero-order valence-electron chi connectivity index (χ0n) is 31.5. The van der Waals surface area contributed by atoms with Gasteiger partial charge in [0.15, 0.2) is 5.78 Å². The molecule has 0 aliphatic carbocycles. The monoisotopic (exact) mass is 722 g/mol. The van der Waals surface area contributed by atoms with Crippen LogP contribution in [0.15, 0.2) is 48.7 Å². The number of benzene rings is 1. The first-order valence-electron chi connectivity index (χ1n) is 18.4. The number of ketones is 1. The number of allylic oxidation sites excluding steroid dienone is 1. The molecule has 13 heteroatoms. The average molecular weight is 723 g/mol. The third kappa shape index (κ3) is 13.5. The molecule has 0 saturated carbocycles. The van der Waals surface area contributed by atoms with Crippen LogP contribution in [0.5, 0.6) is 0 Å². The van der Waals surface area contributed by atoms with Crippen molar-refractivity contribution in [3.05, 3.63) is 54.3 Å². The second-order valence-corrected chi connectivity index (χ2v) is 15.3. The summed E-state index contributed by atoms with van der Waals surface area (Å²) in [5.74, 6) is -1.46. The molecule has 0 spiro atoms. The van der Waals surface area contributed by atoms with Crippen LogP contribution in [-0.4, -0.2) is 77.6 Å². The van der Waals surface area contributed by atoms with Crippen molar-refractivity contribution in [3.63, 3.8) is 0 Å². The topological polar surface area (TPSA) is 180 Å². The van der Waals surface area contributed by atoms with Gasteiger partial charge in [0.25, 0.3) is 5.91 Å². The van der Waals surface area contributed by atoms with Gasteiger partial charge in [0.2, 0.25) is 11.8 Å². The number of amides is 6. The molecule has 2 heterocycles. The van der Waals surface area contributed by atoms with Gasteiger partial charge in [-0.15, -0.1) is 0 Å². The number of urea groups is 1. The van der Waals surface area contributed by atoms with E-state index in [2.05, 4.69) is 43.3 Å². The summed E-state index contributed by atoms with van der Waals surface area (Å²) >= 11 is 0. The maximum absolute atomic E-state index is 13.6. The fourth-order valence-corrected chi connectivity index (χ4v) is 6.39. The highest BCUT2D eigenvalue weighted by Gasteiger charge is 2.34. The number of hydrogen-bond acceptors (Lipinski definition) is 7. The van der Waals surface area contributed by atoms with E-state index in [1.54, 1.807) is 40.1 Å². The molecule has 13 nitrogen and oxygen atoms in total. The smallest absolute Gasteiger partial charge is 0.410 e. The largest absolute Gasteiger partial charge is 0.445 e. The van der Waals surface area contributed by atoms with E-state index in [-0.39, 0.29) is 66.9 Å². The highest BCUT2D eigenvalue weighted by atomic mass is 16.6. The Balaban J connectivity index is 1.52. The molecule has 1 saturated heterocycles. The van der Waals surface area contributed by atoms with Gasteiger partial charge in [0.05, 0.1) is 6.04 Å². The van der Waals surface area contributed by atoms with Gasteiger partial charge >= 0.3 is 12.1 Å². The molecule has 0 bridgehead atoms. The number of rotatable bonds is 19. The maximum Gasteiger partial charge on any atom is 0.410 e. The van der Waals surface area contributed by atoms with Crippen molar-refractivity contribution >= 4 is 41.3 Å². The van der Waals surface area contributed by atoms with Crippen LogP contribution in [0.3, 0.4) is 0 Å². The molecule has 0 aromatic heterocycles. The van der Waals surface area contributed by atoms with E-state index in [9.17, 15) is 28.8 Å². The van der Waals surface area contributed by atoms with Crippen LogP contribution in [0, 0.1) is 23.2 Å². The predicted octanol–water partition coefficient (Wildman–Crippen LogP) is 5.27. The van der Waals surface area contributed by atoms with E-state index in [0.717, 1.165) is 24.8 Å². The number of anilines is 1. The number of carbonyl (C=O) groups is 6. The maximum atomic E-state index is 13.6. The van der Waals surface area contributed by atoms with Gasteiger partial charge in [-0.25, -0.2) is 9.59 Å². The van der Waals surface area contributed by atoms with Crippen molar-refractivity contribution in [2.45, 2.75) is 98.6 Å². The number of nitrogens with one attached hydrogen (secondary N) is 3. The van der Waals surface area contributed by atoms with Crippen LogP contribution >= 0.6 is 0 Å². The standard InChI is InChI=1S/C39H58N6O7/c1-26(2)35(43-33(47)12-8-7-9-21-45-27(3)13-18-34(45)48)32(46)23-29(11-10-20-41-37(40)50)36(49)42-31-16-14-28(15-17-31)25-52-38(51)44-22-19-30(24-44)39(4,5)6/h13-18,26,29-30,35H,3,7-12,19-25H2,1-2,4-6H3,(H,42,49)(H,43,47)(H3,40,41,50)/t29-,30?,35+/m1/s1. The van der Waals surface area contributed by atoms with Gasteiger partial charge in [0.1, 0.15) is 6.61 Å². The number of unbranched alkanes of at least 4 members (excludes halogenated alkanes) is 2. The predicted molar refractivity (Wildman–Crippen MR) is 200 cm³/mol. The van der Waals surface area contributed by atoms with Crippen LogP contribution in [0.25, 0.3) is 0 Å². The minimum Gasteiger partial charge on any atom is -0.445 e. The van der Waals surface area contributed by atoms with E-state index in [0.29, 0.717) is 56.2 Å². The Labute approximate surface area is 308 Å². The van der Waals surface area contributed by atoms with Crippen LogP contribution in [0.4, 0.5) is 15.3 Å². The number of nitrogens with zero attached hydrogens (tertiary/aromatic N) is 2. The first-order chi connectivity index (χ1) is 24.5. The second-order valence-electron chi connectivity index (χ2n) is 15.3. The first-order valence-corrected chi connectivity index (χ1v) is 18.4. The van der Waals surface area contributed by atoms with E-state index < -0.39 is 18.0 Å². The highest BCUT2D eigenvalue weighted by molar-refractivity contribution is 5.97. The molecule has 1 aromatic rings. The van der Waals surface area contributed by atoms with Gasteiger partial charge in [-0.1, -0.05) is 59.8 Å². The Kier molecular flexibility index (Phi) is 15.9. The molecule has 3 rings (SSSR count). The normalized spacial score (nSPS) is 16.9. The van der Waals surface area contributed by atoms with Crippen molar-refractivity contribution in [2.24, 2.45) is 28.9 Å². The molecular weight excluding hydrogens is 664 g/mol. The number of nitrogens with two attached hydrogens (primary N) is 1. The van der Waals surface area contributed by atoms with Crippen molar-refractivity contribution in [2.75, 3.05) is 31.5 Å². The summed E-state index contributed by atoms with van der Waals surface area (Å²) in [7, 11) is 0. The Bertz CT molecular complexity index is 1450. The zero-order chi connectivity index (χ0) is 38.4. The van der Waals surface area contributed by atoms with E-state index in [1.807, 2.05) is 13.8 Å². The summed E-state index contributed by atoms with van der Waals surface area (Å²) in [6, 6.07) is 5.52. The van der Waals surface area contributed by atoms with Gasteiger partial charge in [-0.05, 0) is 73.1 Å². The number of carbonyl (C=O) groups excluding carboxylic acids is 6. The lowest BCUT2D eigenvalue weighted by Crippen LogP contribution is -2.45. The highest BCUT2D eigenvalue weighted by Crippen LogP contribution is 2.33. The molecule has 0 radical (unpaired) electrons. The number of likely N-dealkylation sites (tertiary alicyclic amines) is 1. The molecule has 2 aliphatic heterocycles. The van der Waals surface area contributed by atoms with Crippen LogP contribution < -0.4 is 21.7 Å². The van der Waals surface area contributed by atoms with Crippen molar-refractivity contribution in [1.29, 1.82) is 0 Å². The van der Waals surface area contributed by atoms with Crippen LogP contribution in [-0.2, 0) is 30.5 Å². The molecule has 286 valence electrons. The number of ether oxygens (including phenoxy) is 1. The van der Waals surface area contributed by atoms with Gasteiger partial charge in [0, 0.05) is 62.4 Å². The molecule has 1 fully saturated rings. The first kappa shape index (κ1) is 41.7. The Morgan fingerprint density at radius 2 is 1.73 bits per heavy atom. The SMILES string of the molecule is C=C1C=CC(=O)N1CCCCCC(=O)N[C@H](C(=O)C[C@@H](CCCNC(N)=O)C(=O)Nc1ccc(COC(=O)N2CCC(C(C)(C)C)C2)cc1)C(C)C. The van der Waals surface area contributed by atoms with E-state index >= 15 is 0 Å². The molecule has 52 heavy (non-hydrogen) atoms. The van der Waals surface area contributed by atoms with Gasteiger partial charge < -0.3 is 36.2 Å². The molecule has 1 aromatic carbocycles. The summed E-state index contributed by atoms with van der Waals surface area (Å²) in [4.78, 5) is 78.9. The number of hydrogen-bond donors (Lipinski definition) is 4. The summed E-state index contributed by atoms with van der Waals surface area (Å²) in [6.07, 6.45) is 6.69. The average Bonchev–Trinajstić information content (AvgIpc) is 3.71.